The molecule has 0 unspecified atom stereocenters. The summed E-state index contributed by atoms with van der Waals surface area (Å²) in [6, 6.07) is 15.5. The summed E-state index contributed by atoms with van der Waals surface area (Å²) in [6.45, 7) is 2.27. The van der Waals surface area contributed by atoms with Gasteiger partial charge in [0, 0.05) is 41.7 Å². The van der Waals surface area contributed by atoms with Crippen LogP contribution in [0.3, 0.4) is 0 Å². The molecule has 0 spiro atoms. The highest BCUT2D eigenvalue weighted by Crippen LogP contribution is 2.42. The number of carbonyl (C=O) groups excluding carboxylic acids is 1. The van der Waals surface area contributed by atoms with E-state index in [9.17, 15) is 13.6 Å². The van der Waals surface area contributed by atoms with Crippen molar-refractivity contribution < 1.29 is 18.0 Å². The van der Waals surface area contributed by atoms with Gasteiger partial charge in [-0.15, -0.1) is 10.2 Å². The van der Waals surface area contributed by atoms with Crippen molar-refractivity contribution in [2.45, 2.75) is 57.9 Å². The largest absolute Gasteiger partial charge is 0.421 e. The van der Waals surface area contributed by atoms with Crippen LogP contribution in [0, 0.1) is 18.6 Å². The van der Waals surface area contributed by atoms with Gasteiger partial charge >= 0.3 is 0 Å². The molecule has 0 saturated heterocycles. The van der Waals surface area contributed by atoms with E-state index in [-0.39, 0.29) is 18.1 Å². The van der Waals surface area contributed by atoms with Crippen molar-refractivity contribution in [1.29, 1.82) is 0 Å². The number of pyridine rings is 1. The number of hydrogen-bond donors (Lipinski definition) is 0. The molecule has 0 N–H and O–H groups in total. The van der Waals surface area contributed by atoms with Crippen molar-refractivity contribution in [3.05, 3.63) is 101 Å². The molecule has 1 aliphatic carbocycles. The lowest BCUT2D eigenvalue weighted by atomic mass is 9.93. The summed E-state index contributed by atoms with van der Waals surface area (Å²) in [5.41, 5.74) is 4.92. The Morgan fingerprint density at radius 2 is 1.87 bits per heavy atom. The zero-order valence-electron chi connectivity index (χ0n) is 21.7. The topological polar surface area (TPSA) is 73.8 Å². The molecule has 0 amide bonds. The summed E-state index contributed by atoms with van der Waals surface area (Å²) in [5, 5.41) is 9.03. The van der Waals surface area contributed by atoms with E-state index >= 15 is 0 Å². The highest BCUT2D eigenvalue weighted by molar-refractivity contribution is 6.10. The van der Waals surface area contributed by atoms with Crippen molar-refractivity contribution in [3.63, 3.8) is 0 Å². The minimum Gasteiger partial charge on any atom is -0.421 e. The average molecular weight is 527 g/mol. The Bertz CT molecular complexity index is 1650. The maximum absolute atomic E-state index is 13.9. The van der Waals surface area contributed by atoms with Gasteiger partial charge in [-0.05, 0) is 67.1 Å². The van der Waals surface area contributed by atoms with Crippen molar-refractivity contribution in [3.8, 4) is 11.5 Å². The zero-order chi connectivity index (χ0) is 26.9. The fourth-order valence-corrected chi connectivity index (χ4v) is 5.73. The predicted molar refractivity (Wildman–Crippen MR) is 144 cm³/mol. The Balaban J connectivity index is 1.48. The Hall–Kier alpha value is -4.20. The third-order valence-corrected chi connectivity index (χ3v) is 7.57. The van der Waals surface area contributed by atoms with E-state index in [1.54, 1.807) is 13.1 Å². The standard InChI is InChI=1S/C31H28F2N4O2/c1-19-35-36-31(39-19)22-11-12-24-27(17-22)37(18-23-8-4-5-15-34-23)30(21-6-2-3-7-21)29(24)28(38)14-10-20-9-13-25(32)26(33)16-20/h4-5,8-9,11-13,15-17,21H,2-3,6-7,10,14,18H2,1H3. The van der Waals surface area contributed by atoms with Crippen LogP contribution in [0.15, 0.2) is 65.2 Å². The van der Waals surface area contributed by atoms with Crippen LogP contribution in [0.25, 0.3) is 22.4 Å². The van der Waals surface area contributed by atoms with E-state index in [0.717, 1.165) is 59.6 Å². The molecule has 3 aromatic heterocycles. The molecular weight excluding hydrogens is 498 g/mol. The minimum atomic E-state index is -0.901. The predicted octanol–water partition coefficient (Wildman–Crippen LogP) is 7.19. The number of fused-ring (bicyclic) bond motifs is 1. The monoisotopic (exact) mass is 526 g/mol. The number of benzene rings is 2. The zero-order valence-corrected chi connectivity index (χ0v) is 21.7. The van der Waals surface area contributed by atoms with Gasteiger partial charge in [0.05, 0.1) is 17.8 Å². The van der Waals surface area contributed by atoms with Crippen LogP contribution >= 0.6 is 0 Å². The van der Waals surface area contributed by atoms with Gasteiger partial charge < -0.3 is 8.98 Å². The normalized spacial score (nSPS) is 13.9. The van der Waals surface area contributed by atoms with Crippen LogP contribution in [0.2, 0.25) is 0 Å². The molecule has 3 heterocycles. The number of ketones is 1. The van der Waals surface area contributed by atoms with Gasteiger partial charge in [-0.2, -0.15) is 0 Å². The second-order valence-electron chi connectivity index (χ2n) is 10.2. The highest BCUT2D eigenvalue weighted by Gasteiger charge is 2.30. The molecule has 0 aliphatic heterocycles. The van der Waals surface area contributed by atoms with Crippen LogP contribution in [0.4, 0.5) is 8.78 Å². The SMILES string of the molecule is Cc1nnc(-c2ccc3c(C(=O)CCc4ccc(F)c(F)c4)c(C4CCCC4)n(Cc4ccccn4)c3c2)o1. The number of halogens is 2. The third-order valence-electron chi connectivity index (χ3n) is 7.57. The number of nitrogens with zero attached hydrogens (tertiary/aromatic N) is 4. The van der Waals surface area contributed by atoms with Crippen LogP contribution in [-0.4, -0.2) is 25.5 Å². The molecule has 5 aromatic rings. The molecule has 0 radical (unpaired) electrons. The fraction of sp³-hybridized carbons (Fsp3) is 0.290. The molecule has 0 bridgehead atoms. The van der Waals surface area contributed by atoms with Crippen molar-refractivity contribution in [1.82, 2.24) is 19.7 Å². The smallest absolute Gasteiger partial charge is 0.247 e. The summed E-state index contributed by atoms with van der Waals surface area (Å²) < 4.78 is 35.2. The van der Waals surface area contributed by atoms with Crippen molar-refractivity contribution in [2.75, 3.05) is 0 Å². The molecule has 198 valence electrons. The Morgan fingerprint density at radius 1 is 1.03 bits per heavy atom. The summed E-state index contributed by atoms with van der Waals surface area (Å²) >= 11 is 0. The van der Waals surface area contributed by atoms with E-state index in [2.05, 4.69) is 19.7 Å². The van der Waals surface area contributed by atoms with Gasteiger partial charge in [0.15, 0.2) is 17.4 Å². The van der Waals surface area contributed by atoms with Gasteiger partial charge in [-0.3, -0.25) is 9.78 Å². The number of aryl methyl sites for hydroxylation is 2. The summed E-state index contributed by atoms with van der Waals surface area (Å²) in [4.78, 5) is 18.5. The van der Waals surface area contributed by atoms with E-state index in [4.69, 9.17) is 4.42 Å². The summed E-state index contributed by atoms with van der Waals surface area (Å²) in [5.74, 6) is -0.645. The van der Waals surface area contributed by atoms with Gasteiger partial charge in [-0.1, -0.05) is 31.0 Å². The first-order valence-corrected chi connectivity index (χ1v) is 13.3. The second-order valence-corrected chi connectivity index (χ2v) is 10.2. The highest BCUT2D eigenvalue weighted by atomic mass is 19.2. The molecule has 6 rings (SSSR count). The lowest BCUT2D eigenvalue weighted by Gasteiger charge is -2.17. The Kier molecular flexibility index (Phi) is 6.77. The van der Waals surface area contributed by atoms with Gasteiger partial charge in [-0.25, -0.2) is 8.78 Å². The summed E-state index contributed by atoms with van der Waals surface area (Å²) in [7, 11) is 0. The Morgan fingerprint density at radius 3 is 2.59 bits per heavy atom. The minimum absolute atomic E-state index is 0.00668. The maximum atomic E-state index is 13.9. The second kappa shape index (κ2) is 10.5. The molecule has 2 aromatic carbocycles. The number of rotatable bonds is 8. The lowest BCUT2D eigenvalue weighted by molar-refractivity contribution is 0.0982. The van der Waals surface area contributed by atoms with E-state index < -0.39 is 11.6 Å². The van der Waals surface area contributed by atoms with Crippen LogP contribution in [0.5, 0.6) is 0 Å². The summed E-state index contributed by atoms with van der Waals surface area (Å²) in [6.07, 6.45) is 6.55. The maximum Gasteiger partial charge on any atom is 0.247 e. The number of carbonyl (C=O) groups is 1. The van der Waals surface area contributed by atoms with E-state index in [1.807, 2.05) is 36.4 Å². The van der Waals surface area contributed by atoms with Gasteiger partial charge in [0.2, 0.25) is 11.8 Å². The first-order chi connectivity index (χ1) is 19.0. The fourth-order valence-electron chi connectivity index (χ4n) is 5.73. The van der Waals surface area contributed by atoms with Gasteiger partial charge in [0.25, 0.3) is 0 Å². The Labute approximate surface area is 224 Å². The molecule has 1 fully saturated rings. The number of aromatic nitrogens is 4. The number of hydrogen-bond acceptors (Lipinski definition) is 5. The van der Waals surface area contributed by atoms with Crippen LogP contribution in [-0.2, 0) is 13.0 Å². The average Bonchev–Trinajstić information content (AvgIpc) is 3.69. The molecule has 1 aliphatic rings. The number of Topliss-reactive ketones (excluding diaryl/α,β-unsaturated/α-hetero) is 1. The van der Waals surface area contributed by atoms with Crippen molar-refractivity contribution in [2.24, 2.45) is 0 Å². The quantitative estimate of drug-likeness (QED) is 0.200. The van der Waals surface area contributed by atoms with Crippen molar-refractivity contribution >= 4 is 16.7 Å². The molecule has 39 heavy (non-hydrogen) atoms. The molecule has 0 atom stereocenters. The van der Waals surface area contributed by atoms with E-state index in [0.29, 0.717) is 35.9 Å². The first kappa shape index (κ1) is 25.1. The van der Waals surface area contributed by atoms with E-state index in [1.165, 1.54) is 12.1 Å². The first-order valence-electron chi connectivity index (χ1n) is 13.3. The van der Waals surface area contributed by atoms with Gasteiger partial charge in [0.1, 0.15) is 0 Å². The van der Waals surface area contributed by atoms with Crippen LogP contribution in [0.1, 0.15) is 71.2 Å². The van der Waals surface area contributed by atoms with Crippen LogP contribution < -0.4 is 0 Å². The third kappa shape index (κ3) is 4.99. The molecular formula is C31H28F2N4O2. The molecule has 1 saturated carbocycles. The molecule has 8 heteroatoms. The molecule has 6 nitrogen and oxygen atoms in total. The lowest BCUT2D eigenvalue weighted by Crippen LogP contribution is -2.13.